The van der Waals surface area contributed by atoms with Crippen molar-refractivity contribution in [2.24, 2.45) is 0 Å². The molecule has 20 heavy (non-hydrogen) atoms. The van der Waals surface area contributed by atoms with Crippen LogP contribution in [0.4, 0.5) is 0 Å². The smallest absolute Gasteiger partial charge is 0.213 e. The molecule has 0 spiro atoms. The third kappa shape index (κ3) is 3.95. The molecule has 1 heterocycles. The van der Waals surface area contributed by atoms with E-state index in [9.17, 15) is 0 Å². The lowest BCUT2D eigenvalue weighted by atomic mass is 10.0. The number of nitrogens with one attached hydrogen (secondary N) is 1. The largest absolute Gasteiger partial charge is 0.481 e. The van der Waals surface area contributed by atoms with Gasteiger partial charge in [0.25, 0.3) is 0 Å². The summed E-state index contributed by atoms with van der Waals surface area (Å²) in [6.45, 7) is 2.85. The number of benzene rings is 1. The van der Waals surface area contributed by atoms with Crippen LogP contribution in [0.5, 0.6) is 5.88 Å². The second-order valence-electron chi connectivity index (χ2n) is 4.57. The van der Waals surface area contributed by atoms with Gasteiger partial charge in [0.15, 0.2) is 0 Å². The summed E-state index contributed by atoms with van der Waals surface area (Å²) in [4.78, 5) is 4.40. The Labute approximate surface area is 124 Å². The van der Waals surface area contributed by atoms with Crippen molar-refractivity contribution in [3.05, 3.63) is 58.7 Å². The first-order valence-electron chi connectivity index (χ1n) is 6.71. The molecule has 0 fully saturated rings. The molecular formula is C16H19ClN2O. The van der Waals surface area contributed by atoms with Gasteiger partial charge in [-0.3, -0.25) is 0 Å². The quantitative estimate of drug-likeness (QED) is 0.873. The summed E-state index contributed by atoms with van der Waals surface area (Å²) in [5.74, 6) is 0.639. The van der Waals surface area contributed by atoms with E-state index in [-0.39, 0.29) is 6.04 Å². The highest BCUT2D eigenvalue weighted by atomic mass is 35.5. The number of halogens is 1. The molecule has 0 aliphatic carbocycles. The summed E-state index contributed by atoms with van der Waals surface area (Å²) in [7, 11) is 1.63. The Bertz CT molecular complexity index is 560. The van der Waals surface area contributed by atoms with Gasteiger partial charge in [-0.2, -0.15) is 0 Å². The normalized spacial score (nSPS) is 12.2. The fraction of sp³-hybridized carbons (Fsp3) is 0.312. The minimum absolute atomic E-state index is 0.265. The van der Waals surface area contributed by atoms with Gasteiger partial charge < -0.3 is 10.1 Å². The summed E-state index contributed by atoms with van der Waals surface area (Å²) < 4.78 is 5.13. The standard InChI is InChI=1S/C16H19ClN2O/c1-3-15(12-6-4-7-13(17)10-12)18-11-14-8-5-9-16(19-14)20-2/h4-10,15,18H,3,11H2,1-2H3. The van der Waals surface area contributed by atoms with Gasteiger partial charge in [-0.25, -0.2) is 4.98 Å². The average Bonchev–Trinajstić information content (AvgIpc) is 2.48. The third-order valence-corrected chi connectivity index (χ3v) is 3.41. The Kier molecular flexibility index (Phi) is 5.39. The lowest BCUT2D eigenvalue weighted by Crippen LogP contribution is -2.20. The molecule has 1 aromatic heterocycles. The van der Waals surface area contributed by atoms with E-state index in [1.165, 1.54) is 5.56 Å². The minimum Gasteiger partial charge on any atom is -0.481 e. The molecule has 2 rings (SSSR count). The number of hydrogen-bond donors (Lipinski definition) is 1. The zero-order chi connectivity index (χ0) is 14.4. The van der Waals surface area contributed by atoms with Crippen LogP contribution in [0.25, 0.3) is 0 Å². The SMILES string of the molecule is CCC(NCc1cccc(OC)n1)c1cccc(Cl)c1. The summed E-state index contributed by atoms with van der Waals surface area (Å²) in [5, 5.41) is 4.27. The number of methoxy groups -OCH3 is 1. The molecule has 1 unspecified atom stereocenters. The molecule has 0 amide bonds. The van der Waals surface area contributed by atoms with Gasteiger partial charge in [-0.15, -0.1) is 0 Å². The van der Waals surface area contributed by atoms with Gasteiger partial charge >= 0.3 is 0 Å². The second-order valence-corrected chi connectivity index (χ2v) is 5.00. The van der Waals surface area contributed by atoms with Crippen molar-refractivity contribution in [2.75, 3.05) is 7.11 Å². The fourth-order valence-electron chi connectivity index (χ4n) is 2.12. The topological polar surface area (TPSA) is 34.1 Å². The van der Waals surface area contributed by atoms with Crippen LogP contribution in [0.3, 0.4) is 0 Å². The van der Waals surface area contributed by atoms with E-state index in [0.717, 1.165) is 17.1 Å². The second kappa shape index (κ2) is 7.27. The van der Waals surface area contributed by atoms with Crippen molar-refractivity contribution in [3.63, 3.8) is 0 Å². The van der Waals surface area contributed by atoms with Gasteiger partial charge in [0, 0.05) is 23.7 Å². The van der Waals surface area contributed by atoms with E-state index < -0.39 is 0 Å². The first-order valence-corrected chi connectivity index (χ1v) is 7.09. The summed E-state index contributed by atoms with van der Waals surface area (Å²) in [6.07, 6.45) is 0.990. The molecule has 1 aromatic carbocycles. The number of nitrogens with zero attached hydrogens (tertiary/aromatic N) is 1. The molecule has 0 aliphatic heterocycles. The van der Waals surface area contributed by atoms with Crippen LogP contribution >= 0.6 is 11.6 Å². The fourth-order valence-corrected chi connectivity index (χ4v) is 2.32. The lowest BCUT2D eigenvalue weighted by molar-refractivity contribution is 0.394. The Morgan fingerprint density at radius 1 is 1.25 bits per heavy atom. The Hall–Kier alpha value is -1.58. The summed E-state index contributed by atoms with van der Waals surface area (Å²) in [5.41, 5.74) is 2.16. The molecule has 1 N–H and O–H groups in total. The Morgan fingerprint density at radius 2 is 2.05 bits per heavy atom. The van der Waals surface area contributed by atoms with Crippen LogP contribution in [0.2, 0.25) is 5.02 Å². The van der Waals surface area contributed by atoms with Crippen LogP contribution in [-0.2, 0) is 6.54 Å². The van der Waals surface area contributed by atoms with Crippen LogP contribution < -0.4 is 10.1 Å². The van der Waals surface area contributed by atoms with Crippen molar-refractivity contribution in [3.8, 4) is 5.88 Å². The van der Waals surface area contributed by atoms with Gasteiger partial charge in [0.1, 0.15) is 0 Å². The molecule has 0 saturated heterocycles. The number of ether oxygens (including phenoxy) is 1. The summed E-state index contributed by atoms with van der Waals surface area (Å²) in [6, 6.07) is 14.0. The van der Waals surface area contributed by atoms with Gasteiger partial charge in [-0.05, 0) is 30.2 Å². The molecule has 0 aliphatic rings. The first-order chi connectivity index (χ1) is 9.72. The van der Waals surface area contributed by atoms with Crippen LogP contribution in [-0.4, -0.2) is 12.1 Å². The first kappa shape index (κ1) is 14.8. The van der Waals surface area contributed by atoms with Gasteiger partial charge in [-0.1, -0.05) is 36.7 Å². The minimum atomic E-state index is 0.265. The van der Waals surface area contributed by atoms with Crippen molar-refractivity contribution in [1.29, 1.82) is 0 Å². The molecular weight excluding hydrogens is 272 g/mol. The van der Waals surface area contributed by atoms with E-state index >= 15 is 0 Å². The predicted molar refractivity (Wildman–Crippen MR) is 82.1 cm³/mol. The van der Waals surface area contributed by atoms with Crippen LogP contribution in [0, 0.1) is 0 Å². The van der Waals surface area contributed by atoms with E-state index in [1.54, 1.807) is 7.11 Å². The zero-order valence-electron chi connectivity index (χ0n) is 11.8. The van der Waals surface area contributed by atoms with Gasteiger partial charge in [0.05, 0.1) is 12.8 Å². The van der Waals surface area contributed by atoms with Crippen molar-refractivity contribution in [1.82, 2.24) is 10.3 Å². The maximum absolute atomic E-state index is 6.05. The van der Waals surface area contributed by atoms with E-state index in [0.29, 0.717) is 12.4 Å². The molecule has 0 radical (unpaired) electrons. The number of hydrogen-bond acceptors (Lipinski definition) is 3. The maximum Gasteiger partial charge on any atom is 0.213 e. The molecule has 4 heteroatoms. The summed E-state index contributed by atoms with van der Waals surface area (Å²) >= 11 is 6.05. The lowest BCUT2D eigenvalue weighted by Gasteiger charge is -2.17. The number of aromatic nitrogens is 1. The highest BCUT2D eigenvalue weighted by Crippen LogP contribution is 2.20. The predicted octanol–water partition coefficient (Wildman–Crippen LogP) is 3.98. The van der Waals surface area contributed by atoms with Crippen LogP contribution in [0.1, 0.15) is 30.6 Å². The highest BCUT2D eigenvalue weighted by molar-refractivity contribution is 6.30. The number of rotatable bonds is 6. The maximum atomic E-state index is 6.05. The Morgan fingerprint density at radius 3 is 2.75 bits per heavy atom. The monoisotopic (exact) mass is 290 g/mol. The molecule has 2 aromatic rings. The molecule has 1 atom stereocenters. The Balaban J connectivity index is 2.03. The average molecular weight is 291 g/mol. The zero-order valence-corrected chi connectivity index (χ0v) is 12.5. The molecule has 0 bridgehead atoms. The molecule has 3 nitrogen and oxygen atoms in total. The van der Waals surface area contributed by atoms with Crippen molar-refractivity contribution < 1.29 is 4.74 Å². The van der Waals surface area contributed by atoms with Crippen molar-refractivity contribution >= 4 is 11.6 Å². The molecule has 106 valence electrons. The highest BCUT2D eigenvalue weighted by Gasteiger charge is 2.09. The third-order valence-electron chi connectivity index (χ3n) is 3.18. The van der Waals surface area contributed by atoms with E-state index in [2.05, 4.69) is 23.3 Å². The number of pyridine rings is 1. The van der Waals surface area contributed by atoms with Gasteiger partial charge in [0.2, 0.25) is 5.88 Å². The van der Waals surface area contributed by atoms with E-state index in [1.807, 2.05) is 36.4 Å². The van der Waals surface area contributed by atoms with Crippen LogP contribution in [0.15, 0.2) is 42.5 Å². The van der Waals surface area contributed by atoms with E-state index in [4.69, 9.17) is 16.3 Å². The molecule has 0 saturated carbocycles. The van der Waals surface area contributed by atoms with Crippen molar-refractivity contribution in [2.45, 2.75) is 25.9 Å².